The first-order valence-electron chi connectivity index (χ1n) is 6.99. The van der Waals surface area contributed by atoms with E-state index in [-0.39, 0.29) is 5.91 Å². The molecule has 0 atom stereocenters. The van der Waals surface area contributed by atoms with E-state index in [4.69, 9.17) is 17.3 Å². The topological polar surface area (TPSA) is 72.2 Å². The lowest BCUT2D eigenvalue weighted by Crippen LogP contribution is -2.27. The number of nitrogens with two attached hydrogens (primary N) is 1. The van der Waals surface area contributed by atoms with E-state index in [2.05, 4.69) is 5.32 Å². The molecular weight excluding hydrogens is 300 g/mol. The van der Waals surface area contributed by atoms with Gasteiger partial charge in [0.25, 0.3) is 0 Å². The Hall–Kier alpha value is -2.33. The van der Waals surface area contributed by atoms with Gasteiger partial charge in [0.15, 0.2) is 0 Å². The van der Waals surface area contributed by atoms with Gasteiger partial charge in [-0.1, -0.05) is 29.8 Å². The Bertz CT molecular complexity index is 737. The summed E-state index contributed by atoms with van der Waals surface area (Å²) in [5, 5.41) is 3.52. The summed E-state index contributed by atoms with van der Waals surface area (Å²) in [7, 11) is 0. The summed E-state index contributed by atoms with van der Waals surface area (Å²) >= 11 is 5.89. The Morgan fingerprint density at radius 3 is 2.36 bits per heavy atom. The Labute approximate surface area is 133 Å². The Morgan fingerprint density at radius 1 is 1.09 bits per heavy atom. The van der Waals surface area contributed by atoms with Crippen LogP contribution in [0.25, 0.3) is 0 Å². The third-order valence-electron chi connectivity index (χ3n) is 3.99. The maximum atomic E-state index is 12.6. The Balaban J connectivity index is 1.81. The zero-order chi connectivity index (χ0) is 15.7. The van der Waals surface area contributed by atoms with Gasteiger partial charge in [-0.2, -0.15) is 0 Å². The lowest BCUT2D eigenvalue weighted by molar-refractivity contribution is -0.118. The molecule has 0 bridgehead atoms. The molecule has 1 fully saturated rings. The number of hydrogen-bond donors (Lipinski definition) is 2. The van der Waals surface area contributed by atoms with Crippen molar-refractivity contribution in [1.29, 1.82) is 0 Å². The van der Waals surface area contributed by atoms with Crippen LogP contribution >= 0.6 is 11.6 Å². The average molecular weight is 315 g/mol. The SMILES string of the molecule is NC(=O)c1cccc(NC(=O)C2(c3ccc(Cl)cc3)CC2)c1. The van der Waals surface area contributed by atoms with Crippen LogP contribution in [0.15, 0.2) is 48.5 Å². The fourth-order valence-corrected chi connectivity index (χ4v) is 2.67. The third-order valence-corrected chi connectivity index (χ3v) is 4.24. The quantitative estimate of drug-likeness (QED) is 0.910. The van der Waals surface area contributed by atoms with Crippen molar-refractivity contribution in [3.8, 4) is 0 Å². The van der Waals surface area contributed by atoms with E-state index < -0.39 is 11.3 Å². The predicted octanol–water partition coefficient (Wildman–Crippen LogP) is 3.11. The first-order valence-corrected chi connectivity index (χ1v) is 7.36. The van der Waals surface area contributed by atoms with Crippen LogP contribution in [0.2, 0.25) is 5.02 Å². The van der Waals surface area contributed by atoms with Crippen molar-refractivity contribution in [2.24, 2.45) is 5.73 Å². The molecule has 0 aliphatic heterocycles. The molecule has 2 aromatic carbocycles. The minimum atomic E-state index is -0.519. The van der Waals surface area contributed by atoms with Gasteiger partial charge in [-0.05, 0) is 48.7 Å². The molecule has 0 spiro atoms. The number of primary amides is 1. The molecule has 1 saturated carbocycles. The number of anilines is 1. The number of nitrogens with one attached hydrogen (secondary N) is 1. The van der Waals surface area contributed by atoms with Gasteiger partial charge in [0.1, 0.15) is 0 Å². The largest absolute Gasteiger partial charge is 0.366 e. The summed E-state index contributed by atoms with van der Waals surface area (Å²) in [6.07, 6.45) is 1.60. The Morgan fingerprint density at radius 2 is 1.77 bits per heavy atom. The van der Waals surface area contributed by atoms with Crippen molar-refractivity contribution >= 4 is 29.1 Å². The number of carbonyl (C=O) groups excluding carboxylic acids is 2. The smallest absolute Gasteiger partial charge is 0.248 e. The number of rotatable bonds is 4. The van der Waals surface area contributed by atoms with Crippen LogP contribution in [0.1, 0.15) is 28.8 Å². The minimum Gasteiger partial charge on any atom is -0.366 e. The van der Waals surface area contributed by atoms with E-state index in [1.165, 1.54) is 0 Å². The Kier molecular flexibility index (Phi) is 3.62. The van der Waals surface area contributed by atoms with Crippen molar-refractivity contribution in [2.45, 2.75) is 18.3 Å². The second kappa shape index (κ2) is 5.46. The van der Waals surface area contributed by atoms with Gasteiger partial charge < -0.3 is 11.1 Å². The molecule has 0 aromatic heterocycles. The van der Waals surface area contributed by atoms with Crippen LogP contribution in [0, 0.1) is 0 Å². The second-order valence-electron chi connectivity index (χ2n) is 5.49. The molecule has 0 radical (unpaired) electrons. The second-order valence-corrected chi connectivity index (χ2v) is 5.92. The molecule has 5 heteroatoms. The maximum absolute atomic E-state index is 12.6. The number of hydrogen-bond acceptors (Lipinski definition) is 2. The van der Waals surface area contributed by atoms with Crippen molar-refractivity contribution in [2.75, 3.05) is 5.32 Å². The van der Waals surface area contributed by atoms with Gasteiger partial charge in [-0.25, -0.2) is 0 Å². The van der Waals surface area contributed by atoms with E-state index in [9.17, 15) is 9.59 Å². The lowest BCUT2D eigenvalue weighted by Gasteiger charge is -2.16. The standard InChI is InChI=1S/C17H15ClN2O2/c18-13-6-4-12(5-7-13)17(8-9-17)16(22)20-14-3-1-2-11(10-14)15(19)21/h1-7,10H,8-9H2,(H2,19,21)(H,20,22). The van der Waals surface area contributed by atoms with Crippen molar-refractivity contribution in [1.82, 2.24) is 0 Å². The van der Waals surface area contributed by atoms with Gasteiger partial charge in [-0.15, -0.1) is 0 Å². The first-order chi connectivity index (χ1) is 10.5. The minimum absolute atomic E-state index is 0.0727. The summed E-state index contributed by atoms with van der Waals surface area (Å²) in [6, 6.07) is 14.0. The van der Waals surface area contributed by atoms with E-state index in [1.54, 1.807) is 36.4 Å². The normalized spacial score (nSPS) is 15.1. The molecule has 2 amide bonds. The van der Waals surface area contributed by atoms with E-state index in [0.717, 1.165) is 18.4 Å². The molecular formula is C17H15ClN2O2. The molecule has 0 saturated heterocycles. The lowest BCUT2D eigenvalue weighted by atomic mass is 9.95. The van der Waals surface area contributed by atoms with Crippen molar-refractivity contribution in [3.05, 3.63) is 64.7 Å². The van der Waals surface area contributed by atoms with Crippen LogP contribution in [-0.2, 0) is 10.2 Å². The first kappa shape index (κ1) is 14.6. The molecule has 22 heavy (non-hydrogen) atoms. The fourth-order valence-electron chi connectivity index (χ4n) is 2.54. The summed E-state index contributed by atoms with van der Waals surface area (Å²) in [5.41, 5.74) is 6.66. The van der Waals surface area contributed by atoms with Crippen molar-refractivity contribution < 1.29 is 9.59 Å². The molecule has 1 aliphatic rings. The van der Waals surface area contributed by atoms with Gasteiger partial charge in [-0.3, -0.25) is 9.59 Å². The molecule has 1 aliphatic carbocycles. The summed E-state index contributed by atoms with van der Waals surface area (Å²) in [5.74, 6) is -0.591. The number of amides is 2. The molecule has 0 unspecified atom stereocenters. The van der Waals surface area contributed by atoms with E-state index >= 15 is 0 Å². The number of benzene rings is 2. The van der Waals surface area contributed by atoms with Gasteiger partial charge in [0.05, 0.1) is 5.41 Å². The zero-order valence-corrected chi connectivity index (χ0v) is 12.6. The van der Waals surface area contributed by atoms with Gasteiger partial charge in [0.2, 0.25) is 11.8 Å². The highest BCUT2D eigenvalue weighted by Gasteiger charge is 2.51. The number of halogens is 1. The van der Waals surface area contributed by atoms with Crippen LogP contribution in [0.5, 0.6) is 0 Å². The van der Waals surface area contributed by atoms with Crippen molar-refractivity contribution in [3.63, 3.8) is 0 Å². The molecule has 0 heterocycles. The van der Waals surface area contributed by atoms with Gasteiger partial charge >= 0.3 is 0 Å². The van der Waals surface area contributed by atoms with Crippen LogP contribution in [0.4, 0.5) is 5.69 Å². The molecule has 4 nitrogen and oxygen atoms in total. The number of carbonyl (C=O) groups is 2. The molecule has 3 N–H and O–H groups in total. The van der Waals surface area contributed by atoms with Crippen LogP contribution < -0.4 is 11.1 Å². The monoisotopic (exact) mass is 314 g/mol. The summed E-state index contributed by atoms with van der Waals surface area (Å²) < 4.78 is 0. The van der Waals surface area contributed by atoms with E-state index in [0.29, 0.717) is 16.3 Å². The molecule has 2 aromatic rings. The summed E-state index contributed by atoms with van der Waals surface area (Å²) in [6.45, 7) is 0. The highest BCUT2D eigenvalue weighted by Crippen LogP contribution is 2.49. The van der Waals surface area contributed by atoms with Crippen LogP contribution in [-0.4, -0.2) is 11.8 Å². The highest BCUT2D eigenvalue weighted by molar-refractivity contribution is 6.30. The maximum Gasteiger partial charge on any atom is 0.248 e. The highest BCUT2D eigenvalue weighted by atomic mass is 35.5. The van der Waals surface area contributed by atoms with Gasteiger partial charge in [0, 0.05) is 16.3 Å². The fraction of sp³-hybridized carbons (Fsp3) is 0.176. The van der Waals surface area contributed by atoms with Crippen LogP contribution in [0.3, 0.4) is 0 Å². The molecule has 3 rings (SSSR count). The zero-order valence-electron chi connectivity index (χ0n) is 11.8. The molecule has 112 valence electrons. The summed E-state index contributed by atoms with van der Waals surface area (Å²) in [4.78, 5) is 23.8. The predicted molar refractivity (Wildman–Crippen MR) is 86.0 cm³/mol. The van der Waals surface area contributed by atoms with E-state index in [1.807, 2.05) is 12.1 Å². The third kappa shape index (κ3) is 2.70. The average Bonchev–Trinajstić information content (AvgIpc) is 3.30.